The SMILES string of the molecule is CC[C@@H](N)C(=O)NCC1(CC)CCC1. The summed E-state index contributed by atoms with van der Waals surface area (Å²) in [4.78, 5) is 11.4. The van der Waals surface area contributed by atoms with E-state index >= 15 is 0 Å². The van der Waals surface area contributed by atoms with Gasteiger partial charge in [0, 0.05) is 6.54 Å². The zero-order chi connectivity index (χ0) is 10.6. The molecule has 1 rings (SSSR count). The molecule has 0 saturated heterocycles. The van der Waals surface area contributed by atoms with Gasteiger partial charge in [-0.15, -0.1) is 0 Å². The molecule has 0 radical (unpaired) electrons. The Bertz CT molecular complexity index is 194. The number of nitrogens with one attached hydrogen (secondary N) is 1. The van der Waals surface area contributed by atoms with Crippen molar-refractivity contribution in [1.82, 2.24) is 5.32 Å². The van der Waals surface area contributed by atoms with Crippen molar-refractivity contribution < 1.29 is 4.79 Å². The van der Waals surface area contributed by atoms with Crippen LogP contribution in [-0.4, -0.2) is 18.5 Å². The summed E-state index contributed by atoms with van der Waals surface area (Å²) >= 11 is 0. The average molecular weight is 198 g/mol. The molecule has 14 heavy (non-hydrogen) atoms. The lowest BCUT2D eigenvalue weighted by molar-refractivity contribution is -0.123. The number of amides is 1. The van der Waals surface area contributed by atoms with Crippen molar-refractivity contribution in [3.63, 3.8) is 0 Å². The quantitative estimate of drug-likeness (QED) is 0.702. The molecule has 3 N–H and O–H groups in total. The number of nitrogens with two attached hydrogens (primary N) is 1. The van der Waals surface area contributed by atoms with Crippen molar-refractivity contribution >= 4 is 5.91 Å². The molecule has 0 unspecified atom stereocenters. The molecule has 3 heteroatoms. The largest absolute Gasteiger partial charge is 0.354 e. The maximum Gasteiger partial charge on any atom is 0.236 e. The van der Waals surface area contributed by atoms with Crippen LogP contribution in [0, 0.1) is 5.41 Å². The molecule has 1 atom stereocenters. The van der Waals surface area contributed by atoms with Gasteiger partial charge in [0.15, 0.2) is 0 Å². The van der Waals surface area contributed by atoms with Gasteiger partial charge in [-0.3, -0.25) is 4.79 Å². The van der Waals surface area contributed by atoms with Gasteiger partial charge in [0.05, 0.1) is 6.04 Å². The molecule has 1 amide bonds. The second-order valence-corrected chi connectivity index (χ2v) is 4.44. The van der Waals surface area contributed by atoms with E-state index in [9.17, 15) is 4.79 Å². The minimum Gasteiger partial charge on any atom is -0.354 e. The van der Waals surface area contributed by atoms with Crippen LogP contribution in [0.1, 0.15) is 46.0 Å². The van der Waals surface area contributed by atoms with Gasteiger partial charge in [0.25, 0.3) is 0 Å². The average Bonchev–Trinajstić information content (AvgIpc) is 2.15. The first kappa shape index (κ1) is 11.5. The fourth-order valence-electron chi connectivity index (χ4n) is 1.92. The Morgan fingerprint density at radius 3 is 2.50 bits per heavy atom. The lowest BCUT2D eigenvalue weighted by Crippen LogP contribution is -2.47. The van der Waals surface area contributed by atoms with E-state index in [0.717, 1.165) is 13.0 Å². The molecule has 0 heterocycles. The van der Waals surface area contributed by atoms with E-state index in [-0.39, 0.29) is 11.9 Å². The second kappa shape index (κ2) is 4.78. The lowest BCUT2D eigenvalue weighted by Gasteiger charge is -2.41. The highest BCUT2D eigenvalue weighted by Gasteiger charge is 2.35. The van der Waals surface area contributed by atoms with Gasteiger partial charge < -0.3 is 11.1 Å². The van der Waals surface area contributed by atoms with Crippen LogP contribution in [0.25, 0.3) is 0 Å². The monoisotopic (exact) mass is 198 g/mol. The fraction of sp³-hybridized carbons (Fsp3) is 0.909. The Balaban J connectivity index is 2.28. The molecule has 1 fully saturated rings. The minimum atomic E-state index is -0.330. The summed E-state index contributed by atoms with van der Waals surface area (Å²) in [6.07, 6.45) is 5.69. The van der Waals surface area contributed by atoms with Crippen LogP contribution >= 0.6 is 0 Å². The van der Waals surface area contributed by atoms with Crippen molar-refractivity contribution in [2.75, 3.05) is 6.54 Å². The molecule has 0 aromatic carbocycles. The summed E-state index contributed by atoms with van der Waals surface area (Å²) in [6.45, 7) is 4.95. The molecule has 1 aliphatic rings. The van der Waals surface area contributed by atoms with E-state index in [1.54, 1.807) is 0 Å². The Kier molecular flexibility index (Phi) is 3.93. The first-order valence-electron chi connectivity index (χ1n) is 5.67. The van der Waals surface area contributed by atoms with Crippen molar-refractivity contribution in [2.45, 2.75) is 52.0 Å². The number of rotatable bonds is 5. The van der Waals surface area contributed by atoms with Crippen LogP contribution in [0.15, 0.2) is 0 Å². The van der Waals surface area contributed by atoms with E-state index in [2.05, 4.69) is 12.2 Å². The van der Waals surface area contributed by atoms with Crippen LogP contribution < -0.4 is 11.1 Å². The van der Waals surface area contributed by atoms with Crippen LogP contribution in [0.3, 0.4) is 0 Å². The highest BCUT2D eigenvalue weighted by atomic mass is 16.2. The van der Waals surface area contributed by atoms with Crippen molar-refractivity contribution in [3.05, 3.63) is 0 Å². The number of carbonyl (C=O) groups excluding carboxylic acids is 1. The van der Waals surface area contributed by atoms with E-state index in [0.29, 0.717) is 11.8 Å². The standard InChI is InChI=1S/C11H22N2O/c1-3-9(12)10(14)13-8-11(4-2)6-5-7-11/h9H,3-8,12H2,1-2H3,(H,13,14)/t9-/m1/s1. The van der Waals surface area contributed by atoms with E-state index in [1.165, 1.54) is 19.3 Å². The van der Waals surface area contributed by atoms with Crippen molar-refractivity contribution in [3.8, 4) is 0 Å². The van der Waals surface area contributed by atoms with Crippen molar-refractivity contribution in [1.29, 1.82) is 0 Å². The third kappa shape index (κ3) is 2.47. The molecule has 1 aliphatic carbocycles. The topological polar surface area (TPSA) is 55.1 Å². The van der Waals surface area contributed by atoms with E-state index in [4.69, 9.17) is 5.73 Å². The molecule has 3 nitrogen and oxygen atoms in total. The van der Waals surface area contributed by atoms with Crippen molar-refractivity contribution in [2.24, 2.45) is 11.1 Å². The molecule has 0 aromatic rings. The summed E-state index contributed by atoms with van der Waals surface area (Å²) in [6, 6.07) is -0.330. The summed E-state index contributed by atoms with van der Waals surface area (Å²) in [5, 5.41) is 2.96. The molecule has 0 bridgehead atoms. The first-order valence-corrected chi connectivity index (χ1v) is 5.67. The minimum absolute atomic E-state index is 0.00669. The third-order valence-electron chi connectivity index (χ3n) is 3.58. The molecular formula is C11H22N2O. The number of carbonyl (C=O) groups is 1. The maximum atomic E-state index is 11.4. The van der Waals surface area contributed by atoms with Crippen LogP contribution in [0.2, 0.25) is 0 Å². The Morgan fingerprint density at radius 2 is 2.14 bits per heavy atom. The van der Waals surface area contributed by atoms with E-state index < -0.39 is 0 Å². The highest BCUT2D eigenvalue weighted by molar-refractivity contribution is 5.81. The lowest BCUT2D eigenvalue weighted by atomic mass is 9.67. The molecule has 82 valence electrons. The zero-order valence-corrected chi connectivity index (χ0v) is 9.31. The molecule has 0 spiro atoms. The zero-order valence-electron chi connectivity index (χ0n) is 9.31. The van der Waals surface area contributed by atoms with Gasteiger partial charge in [-0.25, -0.2) is 0 Å². The maximum absolute atomic E-state index is 11.4. The second-order valence-electron chi connectivity index (χ2n) is 4.44. The summed E-state index contributed by atoms with van der Waals surface area (Å²) in [7, 11) is 0. The van der Waals surface area contributed by atoms with Gasteiger partial charge in [-0.05, 0) is 31.1 Å². The third-order valence-corrected chi connectivity index (χ3v) is 3.58. The van der Waals surface area contributed by atoms with Gasteiger partial charge in [0.1, 0.15) is 0 Å². The summed E-state index contributed by atoms with van der Waals surface area (Å²) in [5.41, 5.74) is 6.03. The molecule has 0 aromatic heterocycles. The Morgan fingerprint density at radius 1 is 1.50 bits per heavy atom. The summed E-state index contributed by atoms with van der Waals surface area (Å²) < 4.78 is 0. The van der Waals surface area contributed by atoms with Gasteiger partial charge >= 0.3 is 0 Å². The van der Waals surface area contributed by atoms with Gasteiger partial charge in [0.2, 0.25) is 5.91 Å². The smallest absolute Gasteiger partial charge is 0.236 e. The van der Waals surface area contributed by atoms with Gasteiger partial charge in [-0.2, -0.15) is 0 Å². The van der Waals surface area contributed by atoms with Crippen LogP contribution in [0.4, 0.5) is 0 Å². The normalized spacial score (nSPS) is 21.1. The fourth-order valence-corrected chi connectivity index (χ4v) is 1.92. The number of hydrogen-bond acceptors (Lipinski definition) is 2. The van der Waals surface area contributed by atoms with Crippen LogP contribution in [-0.2, 0) is 4.79 Å². The number of hydrogen-bond donors (Lipinski definition) is 2. The predicted molar refractivity (Wildman–Crippen MR) is 57.9 cm³/mol. The Labute approximate surface area is 86.4 Å². The first-order chi connectivity index (χ1) is 6.63. The van der Waals surface area contributed by atoms with Gasteiger partial charge in [-0.1, -0.05) is 20.3 Å². The molecular weight excluding hydrogens is 176 g/mol. The molecule has 0 aliphatic heterocycles. The Hall–Kier alpha value is -0.570. The summed E-state index contributed by atoms with van der Waals surface area (Å²) in [5.74, 6) is 0.00669. The predicted octanol–water partition coefficient (Wildman–Crippen LogP) is 1.42. The highest BCUT2D eigenvalue weighted by Crippen LogP contribution is 2.42. The molecule has 1 saturated carbocycles. The van der Waals surface area contributed by atoms with Crippen LogP contribution in [0.5, 0.6) is 0 Å². The van der Waals surface area contributed by atoms with E-state index in [1.807, 2.05) is 6.92 Å².